The number of unbranched alkanes of at least 4 members (excludes halogenated alkanes) is 1. The third-order valence-corrected chi connectivity index (χ3v) is 3.63. The van der Waals surface area contributed by atoms with Crippen LogP contribution in [0.3, 0.4) is 0 Å². The third-order valence-electron chi connectivity index (χ3n) is 3.63. The highest BCUT2D eigenvalue weighted by atomic mass is 16.5. The van der Waals surface area contributed by atoms with Crippen molar-refractivity contribution in [1.82, 2.24) is 0 Å². The van der Waals surface area contributed by atoms with Crippen molar-refractivity contribution in [3.63, 3.8) is 0 Å². The van der Waals surface area contributed by atoms with E-state index in [0.29, 0.717) is 17.9 Å². The molecule has 1 heterocycles. The van der Waals surface area contributed by atoms with Crippen molar-refractivity contribution in [2.24, 2.45) is 5.92 Å². The SMILES string of the molecule is C=C1OC(=O)/C(=C(O)/C(C)=C/CC/C=C/C=C/C(C)CC)C1=O. The number of cyclic esters (lactones) is 1. The molecule has 4 nitrogen and oxygen atoms in total. The quantitative estimate of drug-likeness (QED) is 0.190. The van der Waals surface area contributed by atoms with Crippen LogP contribution >= 0.6 is 0 Å². The van der Waals surface area contributed by atoms with E-state index in [4.69, 9.17) is 0 Å². The van der Waals surface area contributed by atoms with Crippen LogP contribution < -0.4 is 0 Å². The van der Waals surface area contributed by atoms with Gasteiger partial charge in [0.1, 0.15) is 5.76 Å². The lowest BCUT2D eigenvalue weighted by Gasteiger charge is -2.01. The second-order valence-corrected chi connectivity index (χ2v) is 5.53. The summed E-state index contributed by atoms with van der Waals surface area (Å²) in [5, 5.41) is 10.0. The Morgan fingerprint density at radius 3 is 2.57 bits per heavy atom. The summed E-state index contributed by atoms with van der Waals surface area (Å²) in [5.74, 6) is -1.51. The summed E-state index contributed by atoms with van der Waals surface area (Å²) in [4.78, 5) is 23.2. The molecule has 1 aliphatic heterocycles. The van der Waals surface area contributed by atoms with Gasteiger partial charge in [-0.2, -0.15) is 0 Å². The van der Waals surface area contributed by atoms with Crippen LogP contribution in [0.15, 0.2) is 59.6 Å². The van der Waals surface area contributed by atoms with Crippen molar-refractivity contribution in [3.05, 3.63) is 59.6 Å². The Bertz CT molecular complexity index is 603. The summed E-state index contributed by atoms with van der Waals surface area (Å²) in [5.41, 5.74) is 0.138. The first-order chi connectivity index (χ1) is 10.9. The highest BCUT2D eigenvalue weighted by Crippen LogP contribution is 2.24. The Labute approximate surface area is 137 Å². The fourth-order valence-electron chi connectivity index (χ4n) is 1.90. The number of hydrogen-bond donors (Lipinski definition) is 1. The van der Waals surface area contributed by atoms with Crippen LogP contribution in [0.1, 0.15) is 40.0 Å². The predicted molar refractivity (Wildman–Crippen MR) is 90.6 cm³/mol. The molecule has 1 fully saturated rings. The van der Waals surface area contributed by atoms with E-state index in [9.17, 15) is 14.7 Å². The predicted octanol–water partition coefficient (Wildman–Crippen LogP) is 4.32. The van der Waals surface area contributed by atoms with Crippen molar-refractivity contribution >= 4 is 11.8 Å². The van der Waals surface area contributed by atoms with Crippen molar-refractivity contribution in [2.45, 2.75) is 40.0 Å². The van der Waals surface area contributed by atoms with E-state index >= 15 is 0 Å². The Morgan fingerprint density at radius 1 is 1.30 bits per heavy atom. The first-order valence-electron chi connectivity index (χ1n) is 7.77. The third kappa shape index (κ3) is 5.40. The van der Waals surface area contributed by atoms with Crippen molar-refractivity contribution in [3.8, 4) is 0 Å². The molecule has 0 aromatic carbocycles. The van der Waals surface area contributed by atoms with Crippen LogP contribution in [0.4, 0.5) is 0 Å². The lowest BCUT2D eigenvalue weighted by atomic mass is 10.1. The maximum Gasteiger partial charge on any atom is 0.351 e. The monoisotopic (exact) mass is 316 g/mol. The van der Waals surface area contributed by atoms with Crippen LogP contribution in [0.5, 0.6) is 0 Å². The van der Waals surface area contributed by atoms with E-state index in [2.05, 4.69) is 31.2 Å². The van der Waals surface area contributed by atoms with Gasteiger partial charge >= 0.3 is 5.97 Å². The second-order valence-electron chi connectivity index (χ2n) is 5.53. The van der Waals surface area contributed by atoms with Gasteiger partial charge < -0.3 is 9.84 Å². The van der Waals surface area contributed by atoms with Gasteiger partial charge in [0, 0.05) is 0 Å². The molecule has 0 radical (unpaired) electrons. The maximum absolute atomic E-state index is 11.7. The summed E-state index contributed by atoms with van der Waals surface area (Å²) >= 11 is 0. The van der Waals surface area contributed by atoms with Crippen molar-refractivity contribution in [1.29, 1.82) is 0 Å². The van der Waals surface area contributed by atoms with Crippen LogP contribution in [-0.4, -0.2) is 16.9 Å². The molecule has 0 saturated carbocycles. The zero-order valence-electron chi connectivity index (χ0n) is 14.0. The highest BCUT2D eigenvalue weighted by Gasteiger charge is 2.36. The summed E-state index contributed by atoms with van der Waals surface area (Å²) in [6.45, 7) is 9.29. The van der Waals surface area contributed by atoms with Crippen LogP contribution in [-0.2, 0) is 14.3 Å². The summed E-state index contributed by atoms with van der Waals surface area (Å²) in [6, 6.07) is 0. The Morgan fingerprint density at radius 2 is 2.00 bits per heavy atom. The fraction of sp³-hybridized carbons (Fsp3) is 0.368. The number of ether oxygens (including phenoxy) is 1. The molecule has 1 N–H and O–H groups in total. The van der Waals surface area contributed by atoms with Gasteiger partial charge in [-0.25, -0.2) is 4.79 Å². The molecule has 0 aromatic heterocycles. The molecule has 1 rings (SSSR count). The van der Waals surface area contributed by atoms with E-state index in [1.165, 1.54) is 0 Å². The first-order valence-corrected chi connectivity index (χ1v) is 7.77. The Kier molecular flexibility index (Phi) is 7.26. The summed E-state index contributed by atoms with van der Waals surface area (Å²) in [7, 11) is 0. The minimum absolute atomic E-state index is 0.250. The minimum Gasteiger partial charge on any atom is -0.507 e. The molecular weight excluding hydrogens is 292 g/mol. The number of Topliss-reactive ketones (excluding diaryl/α,β-unsaturated/α-hetero) is 1. The van der Waals surface area contributed by atoms with Crippen molar-refractivity contribution < 1.29 is 19.4 Å². The molecule has 1 unspecified atom stereocenters. The molecule has 124 valence electrons. The topological polar surface area (TPSA) is 63.6 Å². The van der Waals surface area contributed by atoms with Crippen LogP contribution in [0.25, 0.3) is 0 Å². The zero-order chi connectivity index (χ0) is 17.4. The average Bonchev–Trinajstić information content (AvgIpc) is 2.77. The standard InChI is InChI=1S/C19H24O4/c1-5-13(2)11-9-7-6-8-10-12-14(3)17(20)16-18(21)15(4)23-19(16)22/h6-7,9,11-13,20H,4-5,8,10H2,1-3H3/b7-6+,11-9+,14-12+,17-16-. The lowest BCUT2D eigenvalue weighted by Crippen LogP contribution is -2.06. The molecule has 1 saturated heterocycles. The highest BCUT2D eigenvalue weighted by molar-refractivity contribution is 6.28. The van der Waals surface area contributed by atoms with E-state index < -0.39 is 11.8 Å². The number of allylic oxidation sites excluding steroid dienone is 7. The summed E-state index contributed by atoms with van der Waals surface area (Å²) in [6.07, 6.45) is 12.6. The van der Waals surface area contributed by atoms with Gasteiger partial charge in [0.05, 0.1) is 0 Å². The van der Waals surface area contributed by atoms with Gasteiger partial charge in [0.15, 0.2) is 11.3 Å². The lowest BCUT2D eigenvalue weighted by molar-refractivity contribution is -0.132. The molecule has 0 amide bonds. The molecule has 4 heteroatoms. The van der Waals surface area contributed by atoms with E-state index in [0.717, 1.165) is 12.8 Å². The molecule has 0 spiro atoms. The number of aliphatic hydroxyl groups is 1. The molecular formula is C19H24O4. The smallest absolute Gasteiger partial charge is 0.351 e. The number of ketones is 1. The first kappa shape index (κ1) is 18.7. The number of aliphatic hydroxyl groups excluding tert-OH is 1. The zero-order valence-corrected chi connectivity index (χ0v) is 14.0. The molecule has 1 aliphatic rings. The molecule has 0 aromatic rings. The number of carbonyl (C=O) groups is 2. The van der Waals surface area contributed by atoms with Gasteiger partial charge in [-0.3, -0.25) is 4.79 Å². The average molecular weight is 316 g/mol. The molecule has 0 aliphatic carbocycles. The van der Waals surface area contributed by atoms with Crippen LogP contribution in [0, 0.1) is 5.92 Å². The maximum atomic E-state index is 11.7. The Balaban J connectivity index is 2.59. The number of hydrogen-bond acceptors (Lipinski definition) is 4. The van der Waals surface area contributed by atoms with Gasteiger partial charge in [-0.15, -0.1) is 0 Å². The number of esters is 1. The van der Waals surface area contributed by atoms with E-state index in [1.807, 2.05) is 18.2 Å². The molecule has 1 atom stereocenters. The fourth-order valence-corrected chi connectivity index (χ4v) is 1.90. The largest absolute Gasteiger partial charge is 0.507 e. The van der Waals surface area contributed by atoms with E-state index in [1.54, 1.807) is 13.0 Å². The minimum atomic E-state index is -0.847. The van der Waals surface area contributed by atoms with Gasteiger partial charge in [0.25, 0.3) is 0 Å². The van der Waals surface area contributed by atoms with Crippen molar-refractivity contribution in [2.75, 3.05) is 0 Å². The number of carbonyl (C=O) groups excluding carboxylic acids is 2. The van der Waals surface area contributed by atoms with Crippen LogP contribution in [0.2, 0.25) is 0 Å². The van der Waals surface area contributed by atoms with Gasteiger partial charge in [0.2, 0.25) is 5.78 Å². The molecule has 0 bridgehead atoms. The number of rotatable bonds is 7. The van der Waals surface area contributed by atoms with Gasteiger partial charge in [-0.05, 0) is 31.3 Å². The van der Waals surface area contributed by atoms with E-state index in [-0.39, 0.29) is 17.1 Å². The Hall–Kier alpha value is -2.36. The second kappa shape index (κ2) is 8.93. The van der Waals surface area contributed by atoms with Gasteiger partial charge in [-0.1, -0.05) is 57.2 Å². The normalized spacial score (nSPS) is 19.8. The summed E-state index contributed by atoms with van der Waals surface area (Å²) < 4.78 is 4.61. The molecule has 23 heavy (non-hydrogen) atoms.